The van der Waals surface area contributed by atoms with E-state index in [0.29, 0.717) is 12.4 Å². The number of nitrogens with one attached hydrogen (secondary N) is 1. The molecule has 0 saturated carbocycles. The van der Waals surface area contributed by atoms with Crippen LogP contribution in [0.25, 0.3) is 11.1 Å². The quantitative estimate of drug-likeness (QED) is 0.660. The van der Waals surface area contributed by atoms with Crippen molar-refractivity contribution in [2.24, 2.45) is 5.73 Å². The molecule has 0 aliphatic rings. The van der Waals surface area contributed by atoms with Crippen LogP contribution in [0.5, 0.6) is 0 Å². The normalized spacial score (nSPS) is 10.4. The highest BCUT2D eigenvalue weighted by molar-refractivity contribution is 5.76. The molecule has 0 atom stereocenters. The summed E-state index contributed by atoms with van der Waals surface area (Å²) in [6, 6.07) is 9.85. The van der Waals surface area contributed by atoms with Crippen molar-refractivity contribution in [3.8, 4) is 11.1 Å². The summed E-state index contributed by atoms with van der Waals surface area (Å²) in [5.74, 6) is 0.497. The van der Waals surface area contributed by atoms with E-state index in [2.05, 4.69) is 10.2 Å². The minimum absolute atomic E-state index is 0.411. The molecule has 72 valence electrons. The molecule has 2 aromatic rings. The van der Waals surface area contributed by atoms with E-state index < -0.39 is 0 Å². The van der Waals surface area contributed by atoms with Gasteiger partial charge in [0.15, 0.2) is 5.82 Å². The fourth-order valence-electron chi connectivity index (χ4n) is 1.47. The molecule has 1 aromatic carbocycles. The van der Waals surface area contributed by atoms with Crippen molar-refractivity contribution in [3.63, 3.8) is 0 Å². The van der Waals surface area contributed by atoms with E-state index >= 15 is 0 Å². The summed E-state index contributed by atoms with van der Waals surface area (Å²) >= 11 is 0. The Morgan fingerprint density at radius 1 is 1.21 bits per heavy atom. The second kappa shape index (κ2) is 3.51. The Balaban J connectivity index is 2.55. The van der Waals surface area contributed by atoms with Crippen molar-refractivity contribution in [3.05, 3.63) is 36.0 Å². The van der Waals surface area contributed by atoms with Crippen LogP contribution in [0.1, 0.15) is 5.69 Å². The van der Waals surface area contributed by atoms with Crippen LogP contribution in [0.3, 0.4) is 0 Å². The molecule has 0 bridgehead atoms. The smallest absolute Gasteiger partial charge is 0.153 e. The van der Waals surface area contributed by atoms with E-state index in [1.165, 1.54) is 0 Å². The average Bonchev–Trinajstić information content (AvgIpc) is 2.61. The Kier molecular flexibility index (Phi) is 2.20. The molecule has 0 saturated heterocycles. The highest BCUT2D eigenvalue weighted by Crippen LogP contribution is 2.26. The molecule has 0 fully saturated rings. The minimum atomic E-state index is 0.411. The van der Waals surface area contributed by atoms with Crippen LogP contribution in [0.15, 0.2) is 30.3 Å². The summed E-state index contributed by atoms with van der Waals surface area (Å²) in [5, 5.41) is 6.76. The zero-order valence-corrected chi connectivity index (χ0v) is 7.70. The number of H-pyrrole nitrogens is 1. The van der Waals surface area contributed by atoms with E-state index in [-0.39, 0.29) is 0 Å². The maximum Gasteiger partial charge on any atom is 0.153 e. The second-order valence-corrected chi connectivity index (χ2v) is 3.03. The van der Waals surface area contributed by atoms with Crippen LogP contribution in [0.2, 0.25) is 0 Å². The Bertz CT molecular complexity index is 419. The number of nitrogens with two attached hydrogens (primary N) is 2. The third-order valence-corrected chi connectivity index (χ3v) is 2.14. The lowest BCUT2D eigenvalue weighted by molar-refractivity contribution is 0.950. The summed E-state index contributed by atoms with van der Waals surface area (Å²) in [6.07, 6.45) is 0. The highest BCUT2D eigenvalue weighted by Gasteiger charge is 2.10. The standard InChI is InChI=1S/C10H12N4/c11-6-8-9(10(12)14-13-8)7-4-2-1-3-5-7/h1-5H,6,11H2,(H3,12,13,14). The van der Waals surface area contributed by atoms with Gasteiger partial charge in [-0.3, -0.25) is 5.10 Å². The first kappa shape index (κ1) is 8.77. The molecule has 4 heteroatoms. The third-order valence-electron chi connectivity index (χ3n) is 2.14. The Labute approximate surface area is 81.9 Å². The monoisotopic (exact) mass is 188 g/mol. The highest BCUT2D eigenvalue weighted by atomic mass is 15.2. The molecule has 0 spiro atoms. The molecule has 0 aliphatic carbocycles. The SMILES string of the molecule is NCc1[nH]nc(N)c1-c1ccccc1. The Morgan fingerprint density at radius 2 is 1.93 bits per heavy atom. The number of benzene rings is 1. The lowest BCUT2D eigenvalue weighted by Crippen LogP contribution is -1.98. The van der Waals surface area contributed by atoms with Crippen molar-refractivity contribution in [2.75, 3.05) is 5.73 Å². The molecule has 1 heterocycles. The van der Waals surface area contributed by atoms with Crippen molar-refractivity contribution in [1.29, 1.82) is 0 Å². The maximum absolute atomic E-state index is 5.75. The number of aromatic amines is 1. The largest absolute Gasteiger partial charge is 0.382 e. The first-order chi connectivity index (χ1) is 6.83. The van der Waals surface area contributed by atoms with Crippen LogP contribution < -0.4 is 11.5 Å². The van der Waals surface area contributed by atoms with Gasteiger partial charge in [0, 0.05) is 12.1 Å². The van der Waals surface area contributed by atoms with Crippen LogP contribution in [0.4, 0.5) is 5.82 Å². The number of nitrogens with zero attached hydrogens (tertiary/aromatic N) is 1. The molecule has 0 unspecified atom stereocenters. The van der Waals surface area contributed by atoms with E-state index in [0.717, 1.165) is 16.8 Å². The predicted octanol–water partition coefficient (Wildman–Crippen LogP) is 1.12. The van der Waals surface area contributed by atoms with Crippen LogP contribution in [-0.2, 0) is 6.54 Å². The number of anilines is 1. The second-order valence-electron chi connectivity index (χ2n) is 3.03. The van der Waals surface area contributed by atoms with Gasteiger partial charge in [0.1, 0.15) is 0 Å². The molecule has 2 rings (SSSR count). The average molecular weight is 188 g/mol. The van der Waals surface area contributed by atoms with Crippen molar-refractivity contribution in [1.82, 2.24) is 10.2 Å². The molecule has 0 amide bonds. The maximum atomic E-state index is 5.75. The zero-order chi connectivity index (χ0) is 9.97. The molecule has 14 heavy (non-hydrogen) atoms. The molecular weight excluding hydrogens is 176 g/mol. The summed E-state index contributed by atoms with van der Waals surface area (Å²) in [4.78, 5) is 0. The van der Waals surface area contributed by atoms with Crippen molar-refractivity contribution < 1.29 is 0 Å². The van der Waals surface area contributed by atoms with Gasteiger partial charge in [0.25, 0.3) is 0 Å². The topological polar surface area (TPSA) is 80.7 Å². The van der Waals surface area contributed by atoms with Gasteiger partial charge in [-0.2, -0.15) is 5.10 Å². The molecule has 5 N–H and O–H groups in total. The van der Waals surface area contributed by atoms with Gasteiger partial charge < -0.3 is 11.5 Å². The Morgan fingerprint density at radius 3 is 2.57 bits per heavy atom. The van der Waals surface area contributed by atoms with E-state index in [1.807, 2.05) is 30.3 Å². The van der Waals surface area contributed by atoms with E-state index in [4.69, 9.17) is 11.5 Å². The summed E-state index contributed by atoms with van der Waals surface area (Å²) < 4.78 is 0. The zero-order valence-electron chi connectivity index (χ0n) is 7.70. The summed E-state index contributed by atoms with van der Waals surface area (Å²) in [5.41, 5.74) is 14.1. The minimum Gasteiger partial charge on any atom is -0.382 e. The third kappa shape index (κ3) is 1.36. The number of hydrogen-bond donors (Lipinski definition) is 3. The molecule has 0 aliphatic heterocycles. The van der Waals surface area contributed by atoms with Crippen molar-refractivity contribution >= 4 is 5.82 Å². The summed E-state index contributed by atoms with van der Waals surface area (Å²) in [6.45, 7) is 0.411. The van der Waals surface area contributed by atoms with Gasteiger partial charge in [0.05, 0.1) is 5.69 Å². The van der Waals surface area contributed by atoms with Gasteiger partial charge >= 0.3 is 0 Å². The number of aromatic nitrogens is 2. The molecule has 1 aromatic heterocycles. The lowest BCUT2D eigenvalue weighted by Gasteiger charge is -2.01. The van der Waals surface area contributed by atoms with E-state index in [9.17, 15) is 0 Å². The Hall–Kier alpha value is -1.81. The number of hydrogen-bond acceptors (Lipinski definition) is 3. The van der Waals surface area contributed by atoms with Gasteiger partial charge in [0.2, 0.25) is 0 Å². The first-order valence-corrected chi connectivity index (χ1v) is 4.41. The summed E-state index contributed by atoms with van der Waals surface area (Å²) in [7, 11) is 0. The lowest BCUT2D eigenvalue weighted by atomic mass is 10.1. The predicted molar refractivity (Wildman–Crippen MR) is 56.3 cm³/mol. The number of nitrogen functional groups attached to an aromatic ring is 1. The molecular formula is C10H12N4. The van der Waals surface area contributed by atoms with Crippen molar-refractivity contribution in [2.45, 2.75) is 6.54 Å². The van der Waals surface area contributed by atoms with Gasteiger partial charge in [-0.05, 0) is 5.56 Å². The van der Waals surface area contributed by atoms with Gasteiger partial charge in [-0.15, -0.1) is 0 Å². The fourth-order valence-corrected chi connectivity index (χ4v) is 1.47. The first-order valence-electron chi connectivity index (χ1n) is 4.41. The van der Waals surface area contributed by atoms with Gasteiger partial charge in [-0.25, -0.2) is 0 Å². The van der Waals surface area contributed by atoms with Gasteiger partial charge in [-0.1, -0.05) is 30.3 Å². The van der Waals surface area contributed by atoms with Crippen LogP contribution in [0, 0.1) is 0 Å². The van der Waals surface area contributed by atoms with E-state index in [1.54, 1.807) is 0 Å². The molecule has 4 nitrogen and oxygen atoms in total. The molecule has 0 radical (unpaired) electrons. The number of rotatable bonds is 2. The fraction of sp³-hybridized carbons (Fsp3) is 0.100. The van der Waals surface area contributed by atoms with Crippen LogP contribution in [-0.4, -0.2) is 10.2 Å². The van der Waals surface area contributed by atoms with Crippen LogP contribution >= 0.6 is 0 Å².